The number of nitrogens with zero attached hydrogens (tertiary/aromatic N) is 2. The smallest absolute Gasteiger partial charge is 0.262 e. The third kappa shape index (κ3) is 8.52. The molecule has 4 atom stereocenters. The lowest BCUT2D eigenvalue weighted by atomic mass is 9.95. The molecule has 13 heteroatoms. The van der Waals surface area contributed by atoms with Gasteiger partial charge in [-0.2, -0.15) is 0 Å². The van der Waals surface area contributed by atoms with E-state index in [1.54, 1.807) is 123 Å². The van der Waals surface area contributed by atoms with Gasteiger partial charge in [0.2, 0.25) is 23.6 Å². The number of aliphatic hydroxyl groups is 2. The molecule has 0 aliphatic rings. The molecule has 6 N–H and O–H groups in total. The van der Waals surface area contributed by atoms with Gasteiger partial charge in [0.15, 0.2) is 11.2 Å². The van der Waals surface area contributed by atoms with E-state index in [0.29, 0.717) is 33.6 Å². The Morgan fingerprint density at radius 2 is 0.902 bits per heavy atom. The first-order valence-electron chi connectivity index (χ1n) is 16.1. The fourth-order valence-corrected chi connectivity index (χ4v) is 4.98. The van der Waals surface area contributed by atoms with Crippen molar-refractivity contribution < 1.29 is 33.8 Å². The van der Waals surface area contributed by atoms with Gasteiger partial charge in [-0.3, -0.25) is 29.8 Å². The Kier molecular flexibility index (Phi) is 10.7. The molecule has 5 aromatic rings. The predicted octanol–water partition coefficient (Wildman–Crippen LogP) is 4.11. The average Bonchev–Trinajstić information content (AvgIpc) is 3.63. The zero-order valence-electron chi connectivity index (χ0n) is 28.4. The molecule has 4 amide bonds. The summed E-state index contributed by atoms with van der Waals surface area (Å²) in [7, 11) is 0. The van der Waals surface area contributed by atoms with Gasteiger partial charge in [-0.05, 0) is 87.4 Å². The quantitative estimate of drug-likeness (QED) is 0.110. The number of carbonyl (C=O) groups excluding carboxylic acids is 4. The maximum Gasteiger partial charge on any atom is 0.262 e. The van der Waals surface area contributed by atoms with E-state index in [4.69, 9.17) is 4.42 Å². The van der Waals surface area contributed by atoms with Crippen molar-refractivity contribution in [1.29, 1.82) is 0 Å². The molecule has 0 unspecified atom stereocenters. The molecule has 1 heterocycles. The SMILES string of the molecule is C[C@H](Nc1ccc(-c2nnc(-c3ccc(N[C@@H](C)C(=O)NC(=O)[C@](C)(O)c4ccccc4)cc3)o2)cc1)C(=O)NC(=O)[C@](C)(O)c1ccccc1. The summed E-state index contributed by atoms with van der Waals surface area (Å²) >= 11 is 0. The molecule has 0 aliphatic heterocycles. The van der Waals surface area contributed by atoms with Crippen molar-refractivity contribution in [3.8, 4) is 22.9 Å². The Morgan fingerprint density at radius 1 is 0.569 bits per heavy atom. The Morgan fingerprint density at radius 3 is 1.24 bits per heavy atom. The number of aromatic nitrogens is 2. The molecule has 0 saturated carbocycles. The predicted molar refractivity (Wildman–Crippen MR) is 190 cm³/mol. The largest absolute Gasteiger partial charge is 0.416 e. The van der Waals surface area contributed by atoms with Crippen LogP contribution in [-0.4, -0.2) is 56.1 Å². The molecule has 0 radical (unpaired) electrons. The number of imide groups is 2. The number of benzene rings is 4. The van der Waals surface area contributed by atoms with Crippen LogP contribution in [0.1, 0.15) is 38.8 Å². The zero-order chi connectivity index (χ0) is 36.8. The van der Waals surface area contributed by atoms with Crippen LogP contribution >= 0.6 is 0 Å². The molecule has 0 spiro atoms. The number of anilines is 2. The van der Waals surface area contributed by atoms with Gasteiger partial charge in [0.25, 0.3) is 11.8 Å². The van der Waals surface area contributed by atoms with E-state index in [0.717, 1.165) is 0 Å². The van der Waals surface area contributed by atoms with Crippen LogP contribution in [0.3, 0.4) is 0 Å². The number of hydrogen-bond donors (Lipinski definition) is 6. The van der Waals surface area contributed by atoms with E-state index in [2.05, 4.69) is 31.5 Å². The van der Waals surface area contributed by atoms with E-state index in [-0.39, 0.29) is 11.8 Å². The summed E-state index contributed by atoms with van der Waals surface area (Å²) in [6.07, 6.45) is 0. The van der Waals surface area contributed by atoms with Crippen LogP contribution in [0.2, 0.25) is 0 Å². The van der Waals surface area contributed by atoms with Crippen molar-refractivity contribution in [2.75, 3.05) is 10.6 Å². The number of hydrogen-bond acceptors (Lipinski definition) is 11. The van der Waals surface area contributed by atoms with Gasteiger partial charge in [0.1, 0.15) is 12.1 Å². The van der Waals surface area contributed by atoms with E-state index < -0.39 is 46.9 Å². The maximum atomic E-state index is 12.7. The first kappa shape index (κ1) is 36.1. The highest BCUT2D eigenvalue weighted by Crippen LogP contribution is 2.27. The van der Waals surface area contributed by atoms with E-state index in [1.807, 2.05) is 0 Å². The number of carbonyl (C=O) groups is 4. The molecular weight excluding hydrogens is 652 g/mol. The van der Waals surface area contributed by atoms with Crippen LogP contribution in [0.25, 0.3) is 22.9 Å². The first-order chi connectivity index (χ1) is 24.3. The minimum absolute atomic E-state index is 0.264. The van der Waals surface area contributed by atoms with Gasteiger partial charge in [-0.25, -0.2) is 0 Å². The Balaban J connectivity index is 1.13. The standard InChI is InChI=1S/C38H38N6O7/c1-23(31(45)41-35(47)37(3,49)27-11-7-5-8-12-27)39-29-19-15-25(16-20-29)33-43-44-34(51-33)26-17-21-30(22-18-26)40-24(2)32(46)42-36(48)38(4,50)28-13-9-6-10-14-28/h5-24,39-40,49-50H,1-4H3,(H,41,45,47)(H,42,46,48)/t23-,24-,37+,38+/m0/s1. The summed E-state index contributed by atoms with van der Waals surface area (Å²) < 4.78 is 5.88. The summed E-state index contributed by atoms with van der Waals surface area (Å²) in [6.45, 7) is 5.84. The van der Waals surface area contributed by atoms with Crippen LogP contribution in [-0.2, 0) is 30.4 Å². The van der Waals surface area contributed by atoms with Crippen molar-refractivity contribution in [3.63, 3.8) is 0 Å². The third-order valence-electron chi connectivity index (χ3n) is 8.27. The average molecular weight is 691 g/mol. The summed E-state index contributed by atoms with van der Waals surface area (Å²) in [6, 6.07) is 28.9. The lowest BCUT2D eigenvalue weighted by Crippen LogP contribution is -2.49. The minimum Gasteiger partial charge on any atom is -0.416 e. The molecule has 262 valence electrons. The van der Waals surface area contributed by atoms with Crippen molar-refractivity contribution in [1.82, 2.24) is 20.8 Å². The molecule has 0 saturated heterocycles. The Labute approximate surface area is 294 Å². The molecule has 0 aliphatic carbocycles. The van der Waals surface area contributed by atoms with E-state index >= 15 is 0 Å². The van der Waals surface area contributed by atoms with Gasteiger partial charge < -0.3 is 25.3 Å². The molecule has 13 nitrogen and oxygen atoms in total. The second-order valence-electron chi connectivity index (χ2n) is 12.3. The van der Waals surface area contributed by atoms with E-state index in [1.165, 1.54) is 13.8 Å². The van der Waals surface area contributed by atoms with Gasteiger partial charge >= 0.3 is 0 Å². The molecule has 4 aromatic carbocycles. The Bertz CT molecular complexity index is 1850. The van der Waals surface area contributed by atoms with Gasteiger partial charge in [0.05, 0.1) is 0 Å². The summed E-state index contributed by atoms with van der Waals surface area (Å²) in [5.41, 5.74) is -0.582. The van der Waals surface area contributed by atoms with Crippen molar-refractivity contribution >= 4 is 35.0 Å². The highest BCUT2D eigenvalue weighted by molar-refractivity contribution is 6.03. The molecule has 0 bridgehead atoms. The lowest BCUT2D eigenvalue weighted by Gasteiger charge is -2.23. The fourth-order valence-electron chi connectivity index (χ4n) is 4.98. The summed E-state index contributed by atoms with van der Waals surface area (Å²) in [5.74, 6) is -2.35. The number of amides is 4. The second-order valence-corrected chi connectivity index (χ2v) is 12.3. The monoisotopic (exact) mass is 690 g/mol. The minimum atomic E-state index is -1.88. The second kappa shape index (κ2) is 15.2. The van der Waals surface area contributed by atoms with E-state index in [9.17, 15) is 29.4 Å². The van der Waals surface area contributed by atoms with Gasteiger partial charge in [-0.15, -0.1) is 10.2 Å². The third-order valence-corrected chi connectivity index (χ3v) is 8.27. The van der Waals surface area contributed by atoms with Gasteiger partial charge in [-0.1, -0.05) is 60.7 Å². The van der Waals surface area contributed by atoms with Crippen LogP contribution < -0.4 is 21.3 Å². The topological polar surface area (TPSA) is 196 Å². The molecule has 1 aromatic heterocycles. The van der Waals surface area contributed by atoms with Crippen LogP contribution in [0.15, 0.2) is 114 Å². The molecule has 0 fully saturated rings. The number of nitrogens with one attached hydrogen (secondary N) is 4. The Hall–Kier alpha value is -6.18. The van der Waals surface area contributed by atoms with Crippen molar-refractivity contribution in [3.05, 3.63) is 120 Å². The van der Waals surface area contributed by atoms with Crippen LogP contribution in [0.4, 0.5) is 11.4 Å². The zero-order valence-corrected chi connectivity index (χ0v) is 28.4. The van der Waals surface area contributed by atoms with Crippen molar-refractivity contribution in [2.24, 2.45) is 0 Å². The summed E-state index contributed by atoms with van der Waals surface area (Å²) in [5, 5.41) is 40.2. The number of rotatable bonds is 12. The highest BCUT2D eigenvalue weighted by Gasteiger charge is 2.35. The lowest BCUT2D eigenvalue weighted by molar-refractivity contribution is -0.144. The van der Waals surface area contributed by atoms with Crippen molar-refractivity contribution in [2.45, 2.75) is 51.0 Å². The van der Waals surface area contributed by atoms with Crippen LogP contribution in [0, 0.1) is 0 Å². The fraction of sp³-hybridized carbons (Fsp3) is 0.211. The first-order valence-corrected chi connectivity index (χ1v) is 16.1. The normalized spacial score (nSPS) is 14.5. The molecule has 51 heavy (non-hydrogen) atoms. The molecular formula is C38H38N6O7. The van der Waals surface area contributed by atoms with Crippen LogP contribution in [0.5, 0.6) is 0 Å². The van der Waals surface area contributed by atoms with Gasteiger partial charge in [0, 0.05) is 22.5 Å². The molecule has 5 rings (SSSR count). The maximum absolute atomic E-state index is 12.7. The summed E-state index contributed by atoms with van der Waals surface area (Å²) in [4.78, 5) is 50.7. The highest BCUT2D eigenvalue weighted by atomic mass is 16.4.